The van der Waals surface area contributed by atoms with Crippen molar-refractivity contribution in [3.63, 3.8) is 0 Å². The molecular weight excluding hydrogens is 152 g/mol. The maximum atomic E-state index is 10.5. The van der Waals surface area contributed by atoms with Crippen LogP contribution in [-0.2, 0) is 0 Å². The summed E-state index contributed by atoms with van der Waals surface area (Å²) in [5.41, 5.74) is 6.38. The molecule has 0 bridgehead atoms. The van der Waals surface area contributed by atoms with Crippen LogP contribution in [0.15, 0.2) is 12.3 Å². The lowest BCUT2D eigenvalue weighted by atomic mass is 10.3. The SMILES string of the molecule is Cc1cc[nH]c1C(N)=O.Cl. The summed E-state index contributed by atoms with van der Waals surface area (Å²) in [4.78, 5) is 13.2. The summed E-state index contributed by atoms with van der Waals surface area (Å²) in [6.07, 6.45) is 1.69. The van der Waals surface area contributed by atoms with Gasteiger partial charge in [0, 0.05) is 6.20 Å². The van der Waals surface area contributed by atoms with E-state index in [0.29, 0.717) is 5.69 Å². The van der Waals surface area contributed by atoms with E-state index in [1.165, 1.54) is 0 Å². The molecule has 0 aliphatic rings. The molecule has 0 saturated carbocycles. The molecule has 56 valence electrons. The Balaban J connectivity index is 0.000000810. The van der Waals surface area contributed by atoms with Crippen molar-refractivity contribution in [2.75, 3.05) is 0 Å². The number of hydrogen-bond acceptors (Lipinski definition) is 1. The molecule has 0 aliphatic carbocycles. The van der Waals surface area contributed by atoms with Crippen molar-refractivity contribution in [2.24, 2.45) is 5.73 Å². The van der Waals surface area contributed by atoms with Crippen molar-refractivity contribution >= 4 is 18.3 Å². The van der Waals surface area contributed by atoms with Gasteiger partial charge in [-0.3, -0.25) is 4.79 Å². The maximum absolute atomic E-state index is 10.5. The van der Waals surface area contributed by atoms with Crippen molar-refractivity contribution in [1.29, 1.82) is 0 Å². The first-order valence-corrected chi connectivity index (χ1v) is 2.65. The zero-order valence-corrected chi connectivity index (χ0v) is 6.37. The zero-order chi connectivity index (χ0) is 6.85. The molecule has 0 aromatic carbocycles. The van der Waals surface area contributed by atoms with Crippen LogP contribution in [0.3, 0.4) is 0 Å². The number of aromatic amines is 1. The Labute approximate surface area is 65.0 Å². The van der Waals surface area contributed by atoms with E-state index in [9.17, 15) is 4.79 Å². The van der Waals surface area contributed by atoms with Gasteiger partial charge >= 0.3 is 0 Å². The van der Waals surface area contributed by atoms with Crippen molar-refractivity contribution in [2.45, 2.75) is 6.92 Å². The van der Waals surface area contributed by atoms with Crippen LogP contribution in [-0.4, -0.2) is 10.9 Å². The second-order valence-electron chi connectivity index (χ2n) is 1.90. The number of halogens is 1. The number of rotatable bonds is 1. The molecule has 1 aromatic rings. The number of nitrogens with two attached hydrogens (primary N) is 1. The van der Waals surface area contributed by atoms with Crippen LogP contribution in [0.4, 0.5) is 0 Å². The van der Waals surface area contributed by atoms with Crippen molar-refractivity contribution in [3.8, 4) is 0 Å². The first kappa shape index (κ1) is 9.04. The molecule has 1 rings (SSSR count). The molecular formula is C6H9ClN2O. The number of carbonyl (C=O) groups is 1. The van der Waals surface area contributed by atoms with Gasteiger partial charge < -0.3 is 10.7 Å². The van der Waals surface area contributed by atoms with Crippen LogP contribution in [0.5, 0.6) is 0 Å². The van der Waals surface area contributed by atoms with Gasteiger partial charge in [-0.25, -0.2) is 0 Å². The molecule has 1 amide bonds. The van der Waals surface area contributed by atoms with Gasteiger partial charge in [-0.15, -0.1) is 12.4 Å². The molecule has 1 heterocycles. The standard InChI is InChI=1S/C6H8N2O.ClH/c1-4-2-3-8-5(4)6(7)9;/h2-3,8H,1H3,(H2,7,9);1H. The summed E-state index contributed by atoms with van der Waals surface area (Å²) in [6.45, 7) is 1.83. The van der Waals surface area contributed by atoms with E-state index < -0.39 is 5.91 Å². The highest BCUT2D eigenvalue weighted by Crippen LogP contribution is 2.01. The predicted octanol–water partition coefficient (Wildman–Crippen LogP) is 0.844. The van der Waals surface area contributed by atoms with Crippen LogP contribution in [0.2, 0.25) is 0 Å². The van der Waals surface area contributed by atoms with Gasteiger partial charge in [0.25, 0.3) is 5.91 Å². The minimum absolute atomic E-state index is 0. The van der Waals surface area contributed by atoms with Gasteiger partial charge in [0.1, 0.15) is 5.69 Å². The number of aryl methyl sites for hydroxylation is 1. The van der Waals surface area contributed by atoms with Crippen molar-refractivity contribution in [3.05, 3.63) is 23.5 Å². The lowest BCUT2D eigenvalue weighted by molar-refractivity contribution is 0.0995. The largest absolute Gasteiger partial charge is 0.364 e. The molecule has 0 spiro atoms. The fraction of sp³-hybridized carbons (Fsp3) is 0.167. The highest BCUT2D eigenvalue weighted by molar-refractivity contribution is 5.92. The monoisotopic (exact) mass is 160 g/mol. The van der Waals surface area contributed by atoms with E-state index in [0.717, 1.165) is 5.56 Å². The Bertz CT molecular complexity index is 231. The molecule has 4 heteroatoms. The number of H-pyrrole nitrogens is 1. The molecule has 0 atom stereocenters. The van der Waals surface area contributed by atoms with E-state index in [1.54, 1.807) is 12.3 Å². The summed E-state index contributed by atoms with van der Waals surface area (Å²) in [5.74, 6) is -0.405. The molecule has 0 aliphatic heterocycles. The zero-order valence-electron chi connectivity index (χ0n) is 5.55. The Morgan fingerprint density at radius 3 is 2.50 bits per heavy atom. The van der Waals surface area contributed by atoms with E-state index in [4.69, 9.17) is 5.73 Å². The van der Waals surface area contributed by atoms with E-state index in [1.807, 2.05) is 6.92 Å². The molecule has 3 nitrogen and oxygen atoms in total. The summed E-state index contributed by atoms with van der Waals surface area (Å²) in [5, 5.41) is 0. The quantitative estimate of drug-likeness (QED) is 0.629. The van der Waals surface area contributed by atoms with E-state index >= 15 is 0 Å². The van der Waals surface area contributed by atoms with Crippen molar-refractivity contribution < 1.29 is 4.79 Å². The van der Waals surface area contributed by atoms with Crippen LogP contribution in [0.1, 0.15) is 16.1 Å². The summed E-state index contributed by atoms with van der Waals surface area (Å²) >= 11 is 0. The lowest BCUT2D eigenvalue weighted by Gasteiger charge is -1.88. The molecule has 10 heavy (non-hydrogen) atoms. The Morgan fingerprint density at radius 1 is 1.70 bits per heavy atom. The number of carbonyl (C=O) groups excluding carboxylic acids is 1. The number of hydrogen-bond donors (Lipinski definition) is 2. The lowest BCUT2D eigenvalue weighted by Crippen LogP contribution is -2.12. The number of amides is 1. The van der Waals surface area contributed by atoms with Gasteiger partial charge in [-0.05, 0) is 18.6 Å². The summed E-state index contributed by atoms with van der Waals surface area (Å²) < 4.78 is 0. The average molecular weight is 161 g/mol. The first-order chi connectivity index (χ1) is 4.22. The fourth-order valence-electron chi connectivity index (χ4n) is 0.713. The van der Waals surface area contributed by atoms with E-state index in [-0.39, 0.29) is 12.4 Å². The summed E-state index contributed by atoms with van der Waals surface area (Å²) in [6, 6.07) is 1.81. The van der Waals surface area contributed by atoms with Crippen LogP contribution < -0.4 is 5.73 Å². The number of primary amides is 1. The molecule has 0 radical (unpaired) electrons. The normalized spacial score (nSPS) is 8.50. The minimum atomic E-state index is -0.405. The summed E-state index contributed by atoms with van der Waals surface area (Å²) in [7, 11) is 0. The van der Waals surface area contributed by atoms with Crippen LogP contribution in [0.25, 0.3) is 0 Å². The fourth-order valence-corrected chi connectivity index (χ4v) is 0.713. The molecule has 0 saturated heterocycles. The highest BCUT2D eigenvalue weighted by atomic mass is 35.5. The number of nitrogens with one attached hydrogen (secondary N) is 1. The van der Waals surface area contributed by atoms with E-state index in [2.05, 4.69) is 4.98 Å². The van der Waals surface area contributed by atoms with Gasteiger partial charge in [-0.2, -0.15) is 0 Å². The van der Waals surface area contributed by atoms with Gasteiger partial charge in [0.05, 0.1) is 0 Å². The van der Waals surface area contributed by atoms with Crippen LogP contribution in [0, 0.1) is 6.92 Å². The maximum Gasteiger partial charge on any atom is 0.265 e. The molecule has 3 N–H and O–H groups in total. The van der Waals surface area contributed by atoms with Gasteiger partial charge in [-0.1, -0.05) is 0 Å². The number of aromatic nitrogens is 1. The van der Waals surface area contributed by atoms with Gasteiger partial charge in [0.15, 0.2) is 0 Å². The Morgan fingerprint density at radius 2 is 2.30 bits per heavy atom. The Hall–Kier alpha value is -0.960. The van der Waals surface area contributed by atoms with Crippen LogP contribution >= 0.6 is 12.4 Å². The third-order valence-electron chi connectivity index (χ3n) is 1.20. The second kappa shape index (κ2) is 3.27. The second-order valence-corrected chi connectivity index (χ2v) is 1.90. The minimum Gasteiger partial charge on any atom is -0.364 e. The third kappa shape index (κ3) is 1.51. The van der Waals surface area contributed by atoms with Gasteiger partial charge in [0.2, 0.25) is 0 Å². The van der Waals surface area contributed by atoms with Crippen molar-refractivity contribution in [1.82, 2.24) is 4.98 Å². The molecule has 0 unspecified atom stereocenters. The smallest absolute Gasteiger partial charge is 0.265 e. The molecule has 1 aromatic heterocycles. The average Bonchev–Trinajstić information content (AvgIpc) is 2.13. The topological polar surface area (TPSA) is 58.9 Å². The predicted molar refractivity (Wildman–Crippen MR) is 41.3 cm³/mol. The third-order valence-corrected chi connectivity index (χ3v) is 1.20. The highest BCUT2D eigenvalue weighted by Gasteiger charge is 2.02. The Kier molecular flexibility index (Phi) is 2.96. The first-order valence-electron chi connectivity index (χ1n) is 2.65. The molecule has 0 fully saturated rings.